The Labute approximate surface area is 212 Å². The number of allylic oxidation sites excluding steroid dienone is 1. The van der Waals surface area contributed by atoms with Gasteiger partial charge in [0.1, 0.15) is 6.61 Å². The van der Waals surface area contributed by atoms with E-state index in [1.807, 2.05) is 25.1 Å². The van der Waals surface area contributed by atoms with Gasteiger partial charge in [0.25, 0.3) is 5.91 Å². The van der Waals surface area contributed by atoms with Gasteiger partial charge in [-0.1, -0.05) is 41.9 Å². The second-order valence-corrected chi connectivity index (χ2v) is 8.00. The quantitative estimate of drug-likeness (QED) is 0.182. The minimum Gasteiger partial charge on any atom is -0.490 e. The summed E-state index contributed by atoms with van der Waals surface area (Å²) in [7, 11) is 0. The zero-order valence-electron chi connectivity index (χ0n) is 19.4. The van der Waals surface area contributed by atoms with Gasteiger partial charge >= 0.3 is 6.18 Å². The van der Waals surface area contributed by atoms with E-state index in [-0.39, 0.29) is 12.2 Å². The number of amides is 1. The van der Waals surface area contributed by atoms with Crippen LogP contribution in [0.2, 0.25) is 5.02 Å². The Morgan fingerprint density at radius 1 is 1.08 bits per heavy atom. The molecule has 36 heavy (non-hydrogen) atoms. The first-order chi connectivity index (χ1) is 17.2. The van der Waals surface area contributed by atoms with Crippen molar-refractivity contribution in [3.05, 3.63) is 106 Å². The highest BCUT2D eigenvalue weighted by Gasteiger charge is 2.30. The molecule has 0 saturated carbocycles. The lowest BCUT2D eigenvalue weighted by Gasteiger charge is -2.17. The van der Waals surface area contributed by atoms with Gasteiger partial charge in [0.15, 0.2) is 11.5 Å². The number of nitrogens with zero attached hydrogens (tertiary/aromatic N) is 1. The third-order valence-electron chi connectivity index (χ3n) is 4.98. The number of hydrogen-bond acceptors (Lipinski definition) is 4. The van der Waals surface area contributed by atoms with Crippen LogP contribution in [0.3, 0.4) is 0 Å². The minimum absolute atomic E-state index is 0.160. The SMILES string of the molecule is C=CCc1cc(/C=N\NC(=O)c2cccc(C(F)(F)F)c2)cc(OCC)c1OCc1ccccc1Cl. The van der Waals surface area contributed by atoms with E-state index in [0.717, 1.165) is 23.3 Å². The highest BCUT2D eigenvalue weighted by molar-refractivity contribution is 6.31. The van der Waals surface area contributed by atoms with Crippen molar-refractivity contribution < 1.29 is 27.4 Å². The molecule has 0 atom stereocenters. The molecule has 1 amide bonds. The molecule has 0 bridgehead atoms. The van der Waals surface area contributed by atoms with Gasteiger partial charge in [-0.05, 0) is 55.3 Å². The van der Waals surface area contributed by atoms with Crippen molar-refractivity contribution in [2.24, 2.45) is 5.10 Å². The molecular weight excluding hydrogens is 493 g/mol. The number of benzene rings is 3. The van der Waals surface area contributed by atoms with Crippen LogP contribution in [-0.4, -0.2) is 18.7 Å². The van der Waals surface area contributed by atoms with Gasteiger partial charge in [-0.15, -0.1) is 6.58 Å². The number of hydrogen-bond donors (Lipinski definition) is 1. The lowest BCUT2D eigenvalue weighted by atomic mass is 10.1. The molecule has 5 nitrogen and oxygen atoms in total. The summed E-state index contributed by atoms with van der Waals surface area (Å²) in [6.07, 6.45) is -0.995. The molecule has 0 aromatic heterocycles. The third kappa shape index (κ3) is 7.11. The molecule has 188 valence electrons. The average molecular weight is 517 g/mol. The fourth-order valence-electron chi connectivity index (χ4n) is 3.32. The number of carbonyl (C=O) groups is 1. The Balaban J connectivity index is 1.81. The van der Waals surface area contributed by atoms with E-state index in [0.29, 0.717) is 35.1 Å². The van der Waals surface area contributed by atoms with Crippen LogP contribution in [0.4, 0.5) is 13.2 Å². The summed E-state index contributed by atoms with van der Waals surface area (Å²) in [5.74, 6) is 0.227. The standard InChI is InChI=1S/C27H24ClF3N2O3/c1-3-8-19-13-18(16-32-33-26(34)20-10-7-11-22(15-20)27(29,30)31)14-24(35-4-2)25(19)36-17-21-9-5-6-12-23(21)28/h3,5-7,9-16H,1,4,8,17H2,2H3,(H,33,34)/b32-16-. The Hall–Kier alpha value is -3.78. The van der Waals surface area contributed by atoms with Crippen molar-refractivity contribution in [3.63, 3.8) is 0 Å². The maximum atomic E-state index is 12.9. The van der Waals surface area contributed by atoms with Gasteiger partial charge < -0.3 is 9.47 Å². The van der Waals surface area contributed by atoms with Crippen molar-refractivity contribution in [1.82, 2.24) is 5.43 Å². The zero-order valence-corrected chi connectivity index (χ0v) is 20.2. The molecule has 0 radical (unpaired) electrons. The van der Waals surface area contributed by atoms with E-state index in [4.69, 9.17) is 21.1 Å². The largest absolute Gasteiger partial charge is 0.490 e. The summed E-state index contributed by atoms with van der Waals surface area (Å²) in [5, 5.41) is 4.49. The summed E-state index contributed by atoms with van der Waals surface area (Å²) in [5.41, 5.74) is 3.35. The number of carbonyl (C=O) groups excluding carboxylic acids is 1. The summed E-state index contributed by atoms with van der Waals surface area (Å²) >= 11 is 6.24. The van der Waals surface area contributed by atoms with Gasteiger partial charge in [0, 0.05) is 21.7 Å². The predicted molar refractivity (Wildman–Crippen MR) is 134 cm³/mol. The van der Waals surface area contributed by atoms with Crippen LogP contribution in [-0.2, 0) is 19.2 Å². The number of ether oxygens (including phenoxy) is 2. The minimum atomic E-state index is -4.55. The van der Waals surface area contributed by atoms with E-state index < -0.39 is 17.6 Å². The molecule has 3 aromatic carbocycles. The van der Waals surface area contributed by atoms with Crippen LogP contribution >= 0.6 is 11.6 Å². The molecule has 0 aliphatic carbocycles. The molecular formula is C27H24ClF3N2O3. The van der Waals surface area contributed by atoms with Crippen LogP contribution in [0.5, 0.6) is 11.5 Å². The maximum absolute atomic E-state index is 12.9. The van der Waals surface area contributed by atoms with Crippen molar-refractivity contribution in [3.8, 4) is 11.5 Å². The van der Waals surface area contributed by atoms with E-state index in [2.05, 4.69) is 17.1 Å². The van der Waals surface area contributed by atoms with E-state index in [1.54, 1.807) is 24.3 Å². The van der Waals surface area contributed by atoms with E-state index in [9.17, 15) is 18.0 Å². The fraction of sp³-hybridized carbons (Fsp3) is 0.185. The van der Waals surface area contributed by atoms with Crippen molar-refractivity contribution in [1.29, 1.82) is 0 Å². The smallest absolute Gasteiger partial charge is 0.416 e. The summed E-state index contributed by atoms with van der Waals surface area (Å²) in [6, 6.07) is 14.9. The number of alkyl halides is 3. The van der Waals surface area contributed by atoms with Crippen LogP contribution in [0.15, 0.2) is 78.4 Å². The Morgan fingerprint density at radius 3 is 2.56 bits per heavy atom. The molecule has 3 aromatic rings. The van der Waals surface area contributed by atoms with Crippen molar-refractivity contribution in [2.45, 2.75) is 26.1 Å². The average Bonchev–Trinajstić information content (AvgIpc) is 2.84. The van der Waals surface area contributed by atoms with Gasteiger partial charge in [-0.3, -0.25) is 4.79 Å². The monoisotopic (exact) mass is 516 g/mol. The summed E-state index contributed by atoms with van der Waals surface area (Å²) < 4.78 is 50.6. The molecule has 0 heterocycles. The van der Waals surface area contributed by atoms with E-state index >= 15 is 0 Å². The lowest BCUT2D eigenvalue weighted by Crippen LogP contribution is -2.18. The molecule has 0 aliphatic rings. The van der Waals surface area contributed by atoms with Crippen molar-refractivity contribution >= 4 is 23.7 Å². The molecule has 1 N–H and O–H groups in total. The van der Waals surface area contributed by atoms with Crippen LogP contribution in [0, 0.1) is 0 Å². The van der Waals surface area contributed by atoms with Crippen LogP contribution in [0.1, 0.15) is 39.5 Å². The predicted octanol–water partition coefficient (Wildman–Crippen LogP) is 6.83. The fourth-order valence-corrected chi connectivity index (χ4v) is 3.51. The first kappa shape index (κ1) is 26.8. The number of halogens is 4. The van der Waals surface area contributed by atoms with Gasteiger partial charge in [0.2, 0.25) is 0 Å². The summed E-state index contributed by atoms with van der Waals surface area (Å²) in [4.78, 5) is 12.3. The second kappa shape index (κ2) is 12.3. The topological polar surface area (TPSA) is 59.9 Å². The van der Waals surface area contributed by atoms with Crippen LogP contribution in [0.25, 0.3) is 0 Å². The molecule has 0 saturated heterocycles. The molecule has 0 aliphatic heterocycles. The normalized spacial score (nSPS) is 11.4. The number of nitrogens with one attached hydrogen (secondary N) is 1. The first-order valence-corrected chi connectivity index (χ1v) is 11.4. The van der Waals surface area contributed by atoms with Crippen molar-refractivity contribution in [2.75, 3.05) is 6.61 Å². The van der Waals surface area contributed by atoms with Crippen LogP contribution < -0.4 is 14.9 Å². The van der Waals surface area contributed by atoms with Gasteiger partial charge in [-0.2, -0.15) is 18.3 Å². The highest BCUT2D eigenvalue weighted by Crippen LogP contribution is 2.35. The first-order valence-electron chi connectivity index (χ1n) is 11.0. The van der Waals surface area contributed by atoms with Gasteiger partial charge in [0.05, 0.1) is 18.4 Å². The Kier molecular flexibility index (Phi) is 9.13. The third-order valence-corrected chi connectivity index (χ3v) is 5.35. The molecule has 0 fully saturated rings. The van der Waals surface area contributed by atoms with E-state index in [1.165, 1.54) is 18.3 Å². The van der Waals surface area contributed by atoms with Gasteiger partial charge in [-0.25, -0.2) is 5.43 Å². The molecule has 0 unspecified atom stereocenters. The Bertz CT molecular complexity index is 1260. The molecule has 3 rings (SSSR count). The number of rotatable bonds is 10. The maximum Gasteiger partial charge on any atom is 0.416 e. The molecule has 0 spiro atoms. The number of hydrazone groups is 1. The lowest BCUT2D eigenvalue weighted by molar-refractivity contribution is -0.137. The zero-order chi connectivity index (χ0) is 26.1. The second-order valence-electron chi connectivity index (χ2n) is 7.59. The Morgan fingerprint density at radius 2 is 1.86 bits per heavy atom. The summed E-state index contributed by atoms with van der Waals surface area (Å²) in [6.45, 7) is 6.23. The molecule has 9 heteroatoms. The highest BCUT2D eigenvalue weighted by atomic mass is 35.5.